The third kappa shape index (κ3) is 6.43. The van der Waals surface area contributed by atoms with Crippen LogP contribution < -0.4 is 10.6 Å². The van der Waals surface area contributed by atoms with Crippen LogP contribution >= 0.6 is 0 Å². The molecule has 1 saturated heterocycles. The van der Waals surface area contributed by atoms with Crippen LogP contribution in [0.25, 0.3) is 0 Å². The van der Waals surface area contributed by atoms with Crippen molar-refractivity contribution in [3.8, 4) is 0 Å². The van der Waals surface area contributed by atoms with E-state index in [1.54, 1.807) is 24.3 Å². The van der Waals surface area contributed by atoms with Crippen LogP contribution in [0.5, 0.6) is 0 Å². The second kappa shape index (κ2) is 9.70. The summed E-state index contributed by atoms with van der Waals surface area (Å²) in [7, 11) is 0. The van der Waals surface area contributed by atoms with E-state index < -0.39 is 0 Å². The lowest BCUT2D eigenvalue weighted by Crippen LogP contribution is -2.38. The van der Waals surface area contributed by atoms with Gasteiger partial charge in [0.25, 0.3) is 5.91 Å². The maximum Gasteiger partial charge on any atom is 0.251 e. The number of carbonyl (C=O) groups excluding carboxylic acids is 2. The van der Waals surface area contributed by atoms with Crippen LogP contribution in [-0.2, 0) is 17.9 Å². The van der Waals surface area contributed by atoms with E-state index in [1.165, 1.54) is 32.0 Å². The first-order chi connectivity index (χ1) is 13.9. The summed E-state index contributed by atoms with van der Waals surface area (Å²) >= 11 is 0. The van der Waals surface area contributed by atoms with E-state index in [0.29, 0.717) is 17.8 Å². The van der Waals surface area contributed by atoms with Crippen molar-refractivity contribution in [3.63, 3.8) is 0 Å². The van der Waals surface area contributed by atoms with Gasteiger partial charge in [0.15, 0.2) is 0 Å². The normalized spacial score (nSPS) is 19.6. The summed E-state index contributed by atoms with van der Waals surface area (Å²) in [5.74, 6) is 1.27. The molecule has 2 N–H and O–H groups in total. The molecule has 2 atom stereocenters. The van der Waals surface area contributed by atoms with Crippen LogP contribution in [0.15, 0.2) is 48.5 Å². The van der Waals surface area contributed by atoms with Crippen molar-refractivity contribution in [2.24, 2.45) is 11.8 Å². The zero-order valence-corrected chi connectivity index (χ0v) is 17.6. The van der Waals surface area contributed by atoms with Crippen LogP contribution in [0.2, 0.25) is 0 Å². The maximum atomic E-state index is 12.3. The van der Waals surface area contributed by atoms with Gasteiger partial charge in [-0.3, -0.25) is 14.5 Å². The number of anilines is 1. The Morgan fingerprint density at radius 3 is 2.10 bits per heavy atom. The van der Waals surface area contributed by atoms with E-state index in [1.807, 2.05) is 0 Å². The monoisotopic (exact) mass is 393 g/mol. The SMILES string of the molecule is CC(=O)Nc1ccc(C(=O)NCc2ccc(CN3CC(C)CC(C)C3)cc2)cc1. The van der Waals surface area contributed by atoms with Crippen LogP contribution in [0.4, 0.5) is 5.69 Å². The molecule has 0 saturated carbocycles. The third-order valence-electron chi connectivity index (χ3n) is 5.29. The van der Waals surface area contributed by atoms with E-state index in [0.717, 1.165) is 23.9 Å². The van der Waals surface area contributed by atoms with Gasteiger partial charge in [-0.1, -0.05) is 38.1 Å². The molecule has 0 bridgehead atoms. The summed E-state index contributed by atoms with van der Waals surface area (Å²) in [6.07, 6.45) is 1.32. The van der Waals surface area contributed by atoms with Crippen molar-refractivity contribution in [1.29, 1.82) is 0 Å². The molecule has 1 aliphatic heterocycles. The molecule has 29 heavy (non-hydrogen) atoms. The maximum absolute atomic E-state index is 12.3. The molecule has 1 fully saturated rings. The van der Waals surface area contributed by atoms with Crippen LogP contribution in [0, 0.1) is 11.8 Å². The van der Waals surface area contributed by atoms with Gasteiger partial charge in [0.2, 0.25) is 5.91 Å². The molecule has 1 aliphatic rings. The number of rotatable bonds is 6. The largest absolute Gasteiger partial charge is 0.348 e. The zero-order chi connectivity index (χ0) is 20.8. The molecular weight excluding hydrogens is 362 g/mol. The number of piperidine rings is 1. The number of likely N-dealkylation sites (tertiary alicyclic amines) is 1. The average molecular weight is 394 g/mol. The van der Waals surface area contributed by atoms with Crippen molar-refractivity contribution < 1.29 is 9.59 Å². The Balaban J connectivity index is 1.49. The summed E-state index contributed by atoms with van der Waals surface area (Å²) in [6, 6.07) is 15.4. The smallest absolute Gasteiger partial charge is 0.251 e. The minimum absolute atomic E-state index is 0.125. The highest BCUT2D eigenvalue weighted by molar-refractivity contribution is 5.95. The number of nitrogens with one attached hydrogen (secondary N) is 2. The number of benzene rings is 2. The topological polar surface area (TPSA) is 61.4 Å². The lowest BCUT2D eigenvalue weighted by molar-refractivity contribution is -0.114. The molecule has 2 unspecified atom stereocenters. The van der Waals surface area contributed by atoms with Gasteiger partial charge in [-0.25, -0.2) is 0 Å². The lowest BCUT2D eigenvalue weighted by atomic mass is 9.91. The minimum atomic E-state index is -0.130. The van der Waals surface area contributed by atoms with Crippen molar-refractivity contribution in [3.05, 3.63) is 65.2 Å². The van der Waals surface area contributed by atoms with Crippen molar-refractivity contribution in [1.82, 2.24) is 10.2 Å². The summed E-state index contributed by atoms with van der Waals surface area (Å²) < 4.78 is 0. The molecule has 0 radical (unpaired) electrons. The highest BCUT2D eigenvalue weighted by Crippen LogP contribution is 2.22. The minimum Gasteiger partial charge on any atom is -0.348 e. The van der Waals surface area contributed by atoms with Crippen molar-refractivity contribution in [2.75, 3.05) is 18.4 Å². The zero-order valence-electron chi connectivity index (χ0n) is 17.6. The number of nitrogens with zero attached hydrogens (tertiary/aromatic N) is 1. The van der Waals surface area contributed by atoms with Crippen molar-refractivity contribution >= 4 is 17.5 Å². The first kappa shape index (κ1) is 21.1. The fourth-order valence-corrected chi connectivity index (χ4v) is 4.13. The third-order valence-corrected chi connectivity index (χ3v) is 5.29. The molecule has 154 valence electrons. The quantitative estimate of drug-likeness (QED) is 0.778. The molecule has 0 aromatic heterocycles. The van der Waals surface area contributed by atoms with Gasteiger partial charge in [0.1, 0.15) is 0 Å². The molecule has 5 nitrogen and oxygen atoms in total. The molecule has 1 heterocycles. The summed E-state index contributed by atoms with van der Waals surface area (Å²) in [5, 5.41) is 5.65. The molecule has 2 aromatic rings. The Morgan fingerprint density at radius 2 is 1.52 bits per heavy atom. The standard InChI is InChI=1S/C24H31N3O2/c1-17-12-18(2)15-27(14-17)16-21-6-4-20(5-7-21)13-25-24(29)22-8-10-23(11-9-22)26-19(3)28/h4-11,17-18H,12-16H2,1-3H3,(H,25,29)(H,26,28). The van der Waals surface area contributed by atoms with Crippen LogP contribution in [0.1, 0.15) is 48.7 Å². The second-order valence-electron chi connectivity index (χ2n) is 8.40. The highest BCUT2D eigenvalue weighted by atomic mass is 16.2. The second-order valence-corrected chi connectivity index (χ2v) is 8.40. The molecule has 0 aliphatic carbocycles. The van der Waals surface area contributed by atoms with Gasteiger partial charge in [-0.2, -0.15) is 0 Å². The van der Waals surface area contributed by atoms with Gasteiger partial charge in [0, 0.05) is 44.4 Å². The number of carbonyl (C=O) groups is 2. The van der Waals surface area contributed by atoms with Gasteiger partial charge in [-0.15, -0.1) is 0 Å². The fourth-order valence-electron chi connectivity index (χ4n) is 4.13. The number of amides is 2. The number of hydrogen-bond acceptors (Lipinski definition) is 3. The van der Waals surface area contributed by atoms with E-state index in [9.17, 15) is 9.59 Å². The molecule has 3 rings (SSSR count). The van der Waals surface area contributed by atoms with E-state index in [-0.39, 0.29) is 11.8 Å². The average Bonchev–Trinajstić information content (AvgIpc) is 2.66. The first-order valence-electron chi connectivity index (χ1n) is 10.3. The summed E-state index contributed by atoms with van der Waals surface area (Å²) in [6.45, 7) is 9.95. The molecule has 2 aromatic carbocycles. The van der Waals surface area contributed by atoms with E-state index in [2.05, 4.69) is 53.6 Å². The molecular formula is C24H31N3O2. The number of hydrogen-bond donors (Lipinski definition) is 2. The van der Waals surface area contributed by atoms with Gasteiger partial charge < -0.3 is 10.6 Å². The fraction of sp³-hybridized carbons (Fsp3) is 0.417. The molecule has 0 spiro atoms. The summed E-state index contributed by atoms with van der Waals surface area (Å²) in [4.78, 5) is 25.9. The van der Waals surface area contributed by atoms with Crippen LogP contribution in [-0.4, -0.2) is 29.8 Å². The predicted molar refractivity (Wildman–Crippen MR) is 117 cm³/mol. The Bertz CT molecular complexity index is 820. The van der Waals surface area contributed by atoms with E-state index >= 15 is 0 Å². The Hall–Kier alpha value is -2.66. The first-order valence-corrected chi connectivity index (χ1v) is 10.3. The Kier molecular flexibility index (Phi) is 7.04. The van der Waals surface area contributed by atoms with Gasteiger partial charge >= 0.3 is 0 Å². The Morgan fingerprint density at radius 1 is 0.931 bits per heavy atom. The molecule has 5 heteroatoms. The Labute approximate surface area is 173 Å². The lowest BCUT2D eigenvalue weighted by Gasteiger charge is -2.35. The summed E-state index contributed by atoms with van der Waals surface area (Å²) in [5.41, 5.74) is 3.65. The van der Waals surface area contributed by atoms with E-state index in [4.69, 9.17) is 0 Å². The van der Waals surface area contributed by atoms with Crippen molar-refractivity contribution in [2.45, 2.75) is 40.3 Å². The predicted octanol–water partition coefficient (Wildman–Crippen LogP) is 4.05. The van der Waals surface area contributed by atoms with Gasteiger partial charge in [0.05, 0.1) is 0 Å². The van der Waals surface area contributed by atoms with Crippen LogP contribution in [0.3, 0.4) is 0 Å². The highest BCUT2D eigenvalue weighted by Gasteiger charge is 2.21. The van der Waals surface area contributed by atoms with Gasteiger partial charge in [-0.05, 0) is 53.6 Å². The molecule has 2 amide bonds.